The van der Waals surface area contributed by atoms with E-state index in [0.29, 0.717) is 5.69 Å². The van der Waals surface area contributed by atoms with Crippen LogP contribution in [0.1, 0.15) is 34.9 Å². The first-order valence-electron chi connectivity index (χ1n) is 7.61. The maximum atomic E-state index is 12.9. The van der Waals surface area contributed by atoms with Crippen molar-refractivity contribution in [2.75, 3.05) is 6.54 Å². The predicted molar refractivity (Wildman–Crippen MR) is 85.5 cm³/mol. The summed E-state index contributed by atoms with van der Waals surface area (Å²) in [5.74, 6) is 0.0792. The lowest BCUT2D eigenvalue weighted by Gasteiger charge is -2.24. The van der Waals surface area contributed by atoms with Gasteiger partial charge in [0.05, 0.1) is 6.04 Å². The molecule has 1 atom stereocenters. The number of benzene rings is 1. The molecule has 1 fully saturated rings. The molecule has 1 N–H and O–H groups in total. The second kappa shape index (κ2) is 5.30. The van der Waals surface area contributed by atoms with Crippen molar-refractivity contribution in [2.24, 2.45) is 0 Å². The van der Waals surface area contributed by atoms with Crippen LogP contribution in [0.4, 0.5) is 0 Å². The van der Waals surface area contributed by atoms with E-state index < -0.39 is 0 Å². The Bertz CT molecular complexity index is 776. The first-order valence-corrected chi connectivity index (χ1v) is 7.61. The Hall–Kier alpha value is -2.62. The average molecular weight is 291 g/mol. The van der Waals surface area contributed by atoms with Gasteiger partial charge in [-0.15, -0.1) is 0 Å². The van der Waals surface area contributed by atoms with E-state index in [1.807, 2.05) is 47.4 Å². The molecule has 0 saturated carbocycles. The van der Waals surface area contributed by atoms with E-state index in [1.165, 1.54) is 0 Å². The van der Waals surface area contributed by atoms with E-state index in [-0.39, 0.29) is 11.9 Å². The van der Waals surface area contributed by atoms with Crippen LogP contribution in [0.5, 0.6) is 0 Å². The van der Waals surface area contributed by atoms with Crippen molar-refractivity contribution < 1.29 is 4.79 Å². The number of nitrogens with zero attached hydrogens (tertiary/aromatic N) is 2. The number of carbonyl (C=O) groups is 1. The summed E-state index contributed by atoms with van der Waals surface area (Å²) in [6.45, 7) is 0.807. The van der Waals surface area contributed by atoms with Gasteiger partial charge >= 0.3 is 0 Å². The number of pyridine rings is 1. The van der Waals surface area contributed by atoms with Crippen LogP contribution in [0.2, 0.25) is 0 Å². The molecule has 22 heavy (non-hydrogen) atoms. The molecule has 0 bridgehead atoms. The summed E-state index contributed by atoms with van der Waals surface area (Å²) in [4.78, 5) is 22.2. The van der Waals surface area contributed by atoms with E-state index in [0.717, 1.165) is 35.9 Å². The number of hydrogen-bond donors (Lipinski definition) is 1. The molecule has 4 rings (SSSR count). The fraction of sp³-hybridized carbons (Fsp3) is 0.222. The zero-order chi connectivity index (χ0) is 14.9. The van der Waals surface area contributed by atoms with Crippen LogP contribution >= 0.6 is 0 Å². The Morgan fingerprint density at radius 1 is 1.18 bits per heavy atom. The molecule has 0 unspecified atom stereocenters. The van der Waals surface area contributed by atoms with Crippen molar-refractivity contribution in [3.63, 3.8) is 0 Å². The topological polar surface area (TPSA) is 49.0 Å². The molecule has 1 aliphatic heterocycles. The van der Waals surface area contributed by atoms with Gasteiger partial charge in [-0.3, -0.25) is 9.78 Å². The number of H-pyrrole nitrogens is 1. The molecule has 4 heteroatoms. The number of rotatable bonds is 2. The summed E-state index contributed by atoms with van der Waals surface area (Å²) in [5, 5.41) is 1.07. The van der Waals surface area contributed by atoms with Gasteiger partial charge in [-0.1, -0.05) is 18.2 Å². The number of hydrogen-bond acceptors (Lipinski definition) is 2. The number of para-hydroxylation sites is 1. The highest BCUT2D eigenvalue weighted by atomic mass is 16.2. The van der Waals surface area contributed by atoms with Crippen LogP contribution in [-0.2, 0) is 0 Å². The minimum absolute atomic E-state index is 0.0792. The Kier molecular flexibility index (Phi) is 3.15. The molecule has 110 valence electrons. The fourth-order valence-corrected chi connectivity index (χ4v) is 3.29. The van der Waals surface area contributed by atoms with Crippen molar-refractivity contribution in [3.8, 4) is 0 Å². The van der Waals surface area contributed by atoms with Crippen LogP contribution in [0.15, 0.2) is 54.9 Å². The van der Waals surface area contributed by atoms with Gasteiger partial charge in [0.15, 0.2) is 0 Å². The monoisotopic (exact) mass is 291 g/mol. The number of aromatic nitrogens is 2. The van der Waals surface area contributed by atoms with Gasteiger partial charge in [-0.2, -0.15) is 0 Å². The van der Waals surface area contributed by atoms with E-state index in [4.69, 9.17) is 0 Å². The zero-order valence-electron chi connectivity index (χ0n) is 12.2. The number of nitrogens with one attached hydrogen (secondary N) is 1. The number of carbonyl (C=O) groups excluding carboxylic acids is 1. The van der Waals surface area contributed by atoms with Crippen molar-refractivity contribution >= 4 is 16.8 Å². The molecule has 4 nitrogen and oxygen atoms in total. The lowest BCUT2D eigenvalue weighted by atomic mass is 10.1. The SMILES string of the molecule is O=C(c1cc2ccccc2[nH]1)N1CCC[C@H]1c1ccncc1. The van der Waals surface area contributed by atoms with Gasteiger partial charge in [0.1, 0.15) is 5.69 Å². The third kappa shape index (κ3) is 2.17. The quantitative estimate of drug-likeness (QED) is 0.785. The third-order valence-electron chi connectivity index (χ3n) is 4.36. The molecular formula is C18H17N3O. The van der Waals surface area contributed by atoms with Gasteiger partial charge in [0.2, 0.25) is 0 Å². The lowest BCUT2D eigenvalue weighted by Crippen LogP contribution is -2.30. The third-order valence-corrected chi connectivity index (χ3v) is 4.36. The zero-order valence-corrected chi connectivity index (χ0v) is 12.2. The van der Waals surface area contributed by atoms with Gasteiger partial charge in [0.25, 0.3) is 5.91 Å². The summed E-state index contributed by atoms with van der Waals surface area (Å²) in [7, 11) is 0. The Balaban J connectivity index is 1.66. The number of fused-ring (bicyclic) bond motifs is 1. The summed E-state index contributed by atoms with van der Waals surface area (Å²) < 4.78 is 0. The Labute approximate surface area is 128 Å². The second-order valence-electron chi connectivity index (χ2n) is 5.71. The second-order valence-corrected chi connectivity index (χ2v) is 5.71. The number of amides is 1. The predicted octanol–water partition coefficient (Wildman–Crippen LogP) is 3.54. The van der Waals surface area contributed by atoms with Crippen molar-refractivity contribution in [1.29, 1.82) is 0 Å². The molecule has 0 radical (unpaired) electrons. The lowest BCUT2D eigenvalue weighted by molar-refractivity contribution is 0.0730. The van der Waals surface area contributed by atoms with Crippen LogP contribution in [0, 0.1) is 0 Å². The smallest absolute Gasteiger partial charge is 0.270 e. The van der Waals surface area contributed by atoms with E-state index >= 15 is 0 Å². The molecule has 3 heterocycles. The molecular weight excluding hydrogens is 274 g/mol. The normalized spacial score (nSPS) is 18.0. The highest BCUT2D eigenvalue weighted by Gasteiger charge is 2.31. The van der Waals surface area contributed by atoms with E-state index in [1.54, 1.807) is 12.4 Å². The molecule has 1 aromatic carbocycles. The van der Waals surface area contributed by atoms with E-state index in [9.17, 15) is 4.79 Å². The molecule has 2 aromatic heterocycles. The summed E-state index contributed by atoms with van der Waals surface area (Å²) in [5.41, 5.74) is 2.84. The first-order chi connectivity index (χ1) is 10.8. The van der Waals surface area contributed by atoms with Crippen LogP contribution in [0.25, 0.3) is 10.9 Å². The minimum atomic E-state index is 0.0792. The van der Waals surface area contributed by atoms with Crippen molar-refractivity contribution in [2.45, 2.75) is 18.9 Å². The van der Waals surface area contributed by atoms with Gasteiger partial charge in [-0.05, 0) is 42.7 Å². The number of likely N-dealkylation sites (tertiary alicyclic amines) is 1. The molecule has 1 aliphatic rings. The summed E-state index contributed by atoms with van der Waals surface area (Å²) >= 11 is 0. The van der Waals surface area contributed by atoms with Gasteiger partial charge < -0.3 is 9.88 Å². The van der Waals surface area contributed by atoms with E-state index in [2.05, 4.69) is 9.97 Å². The Morgan fingerprint density at radius 2 is 2.00 bits per heavy atom. The molecule has 3 aromatic rings. The van der Waals surface area contributed by atoms with Crippen LogP contribution in [-0.4, -0.2) is 27.3 Å². The minimum Gasteiger partial charge on any atom is -0.351 e. The highest BCUT2D eigenvalue weighted by molar-refractivity contribution is 5.98. The molecule has 1 amide bonds. The highest BCUT2D eigenvalue weighted by Crippen LogP contribution is 2.33. The van der Waals surface area contributed by atoms with Crippen molar-refractivity contribution in [3.05, 3.63) is 66.1 Å². The standard InChI is InChI=1S/C18H17N3O/c22-18(16-12-14-4-1-2-5-15(14)20-16)21-11-3-6-17(21)13-7-9-19-10-8-13/h1-2,4-5,7-10,12,17,20H,3,6,11H2/t17-/m0/s1. The summed E-state index contributed by atoms with van der Waals surface area (Å²) in [6.07, 6.45) is 5.63. The molecule has 0 spiro atoms. The molecule has 1 saturated heterocycles. The maximum Gasteiger partial charge on any atom is 0.270 e. The van der Waals surface area contributed by atoms with Crippen LogP contribution < -0.4 is 0 Å². The fourth-order valence-electron chi connectivity index (χ4n) is 3.29. The number of aromatic amines is 1. The largest absolute Gasteiger partial charge is 0.351 e. The van der Waals surface area contributed by atoms with Gasteiger partial charge in [-0.25, -0.2) is 0 Å². The average Bonchev–Trinajstić information content (AvgIpc) is 3.21. The summed E-state index contributed by atoms with van der Waals surface area (Å²) in [6, 6.07) is 14.1. The first kappa shape index (κ1) is 13.1. The maximum absolute atomic E-state index is 12.9. The Morgan fingerprint density at radius 3 is 2.82 bits per heavy atom. The van der Waals surface area contributed by atoms with Crippen LogP contribution in [0.3, 0.4) is 0 Å². The van der Waals surface area contributed by atoms with Crippen molar-refractivity contribution in [1.82, 2.24) is 14.9 Å². The molecule has 0 aliphatic carbocycles. The van der Waals surface area contributed by atoms with Gasteiger partial charge in [0, 0.05) is 29.8 Å².